The molecular formula is C17H14N2O4. The second-order valence-corrected chi connectivity index (χ2v) is 5.24. The number of amides is 2. The summed E-state index contributed by atoms with van der Waals surface area (Å²) < 4.78 is 4.64. The number of benzene rings is 2. The van der Waals surface area contributed by atoms with Crippen molar-refractivity contribution in [2.24, 2.45) is 0 Å². The van der Waals surface area contributed by atoms with Gasteiger partial charge in [-0.2, -0.15) is 0 Å². The number of hydrogen-bond donors (Lipinski definition) is 1. The van der Waals surface area contributed by atoms with Crippen LogP contribution in [0.1, 0.15) is 36.6 Å². The average Bonchev–Trinajstić information content (AvgIpc) is 2.78. The van der Waals surface area contributed by atoms with Crippen molar-refractivity contribution in [3.05, 3.63) is 58.7 Å². The van der Waals surface area contributed by atoms with Crippen LogP contribution in [0.15, 0.2) is 36.4 Å². The number of methoxy groups -OCH3 is 1. The van der Waals surface area contributed by atoms with Gasteiger partial charge in [-0.05, 0) is 48.9 Å². The number of fused-ring (bicyclic) bond motifs is 1. The van der Waals surface area contributed by atoms with E-state index in [2.05, 4.69) is 4.74 Å². The maximum absolute atomic E-state index is 12.6. The molecule has 0 saturated heterocycles. The first kappa shape index (κ1) is 14.8. The molecule has 0 spiro atoms. The average molecular weight is 310 g/mol. The third-order valence-electron chi connectivity index (χ3n) is 3.77. The fraction of sp³-hybridized carbons (Fsp3) is 0.118. The van der Waals surface area contributed by atoms with Gasteiger partial charge < -0.3 is 10.5 Å². The number of nitrogens with two attached hydrogens (primary N) is 1. The topological polar surface area (TPSA) is 89.7 Å². The summed E-state index contributed by atoms with van der Waals surface area (Å²) in [4.78, 5) is 37.9. The van der Waals surface area contributed by atoms with E-state index in [0.717, 1.165) is 4.90 Å². The molecule has 0 saturated carbocycles. The normalized spacial score (nSPS) is 13.2. The van der Waals surface area contributed by atoms with Crippen LogP contribution in [0.25, 0.3) is 0 Å². The fourth-order valence-corrected chi connectivity index (χ4v) is 2.63. The lowest BCUT2D eigenvalue weighted by molar-refractivity contribution is 0.0600. The molecule has 2 aromatic carbocycles. The summed E-state index contributed by atoms with van der Waals surface area (Å²) in [5, 5.41) is 0. The Morgan fingerprint density at radius 3 is 2.39 bits per heavy atom. The van der Waals surface area contributed by atoms with Crippen LogP contribution >= 0.6 is 0 Å². The minimum absolute atomic E-state index is 0.189. The van der Waals surface area contributed by atoms with E-state index in [1.54, 1.807) is 25.1 Å². The Labute approximate surface area is 132 Å². The zero-order valence-corrected chi connectivity index (χ0v) is 12.6. The van der Waals surface area contributed by atoms with Crippen LogP contribution in [0.2, 0.25) is 0 Å². The zero-order valence-electron chi connectivity index (χ0n) is 12.6. The van der Waals surface area contributed by atoms with Crippen LogP contribution in [-0.2, 0) is 4.74 Å². The highest BCUT2D eigenvalue weighted by molar-refractivity contribution is 6.35. The lowest BCUT2D eigenvalue weighted by Crippen LogP contribution is -2.30. The van der Waals surface area contributed by atoms with E-state index in [-0.39, 0.29) is 16.7 Å². The Morgan fingerprint density at radius 1 is 1.04 bits per heavy atom. The molecule has 1 heterocycles. The Hall–Kier alpha value is -3.15. The number of anilines is 2. The minimum Gasteiger partial charge on any atom is -0.465 e. The molecule has 0 aliphatic carbocycles. The molecule has 1 aliphatic heterocycles. The molecule has 3 rings (SSSR count). The van der Waals surface area contributed by atoms with Crippen LogP contribution in [0.4, 0.5) is 11.4 Å². The Kier molecular flexibility index (Phi) is 3.37. The van der Waals surface area contributed by atoms with Gasteiger partial charge >= 0.3 is 5.97 Å². The predicted octanol–water partition coefficient (Wildman–Crippen LogP) is 2.16. The van der Waals surface area contributed by atoms with Crippen molar-refractivity contribution >= 4 is 29.2 Å². The number of esters is 1. The molecule has 2 amide bonds. The number of carbonyl (C=O) groups excluding carboxylic acids is 3. The maximum atomic E-state index is 12.6. The van der Waals surface area contributed by atoms with Gasteiger partial charge in [-0.1, -0.05) is 0 Å². The van der Waals surface area contributed by atoms with Crippen molar-refractivity contribution in [1.82, 2.24) is 0 Å². The van der Waals surface area contributed by atoms with Gasteiger partial charge in [-0.3, -0.25) is 9.59 Å². The lowest BCUT2D eigenvalue weighted by atomic mass is 10.1. The molecule has 0 radical (unpaired) electrons. The molecule has 0 aromatic heterocycles. The van der Waals surface area contributed by atoms with Gasteiger partial charge in [0.2, 0.25) is 0 Å². The van der Waals surface area contributed by atoms with Crippen molar-refractivity contribution < 1.29 is 19.1 Å². The fourth-order valence-electron chi connectivity index (χ4n) is 2.63. The van der Waals surface area contributed by atoms with Crippen molar-refractivity contribution in [1.29, 1.82) is 0 Å². The number of rotatable bonds is 2. The first-order valence-electron chi connectivity index (χ1n) is 6.91. The van der Waals surface area contributed by atoms with Gasteiger partial charge in [0.1, 0.15) is 0 Å². The SMILES string of the molecule is COC(=O)c1ccc2c(c1)C(=O)N(c1ccc(N)cc1C)C2=O. The molecule has 116 valence electrons. The Bertz CT molecular complexity index is 858. The maximum Gasteiger partial charge on any atom is 0.337 e. The second kappa shape index (κ2) is 5.24. The number of carbonyl (C=O) groups is 3. The number of ether oxygens (including phenoxy) is 1. The molecule has 0 unspecified atom stereocenters. The van der Waals surface area contributed by atoms with E-state index < -0.39 is 17.8 Å². The van der Waals surface area contributed by atoms with Crippen molar-refractivity contribution in [3.63, 3.8) is 0 Å². The molecule has 0 atom stereocenters. The summed E-state index contributed by atoms with van der Waals surface area (Å²) in [5.74, 6) is -1.45. The van der Waals surface area contributed by atoms with Gasteiger partial charge in [-0.15, -0.1) is 0 Å². The number of aryl methyl sites for hydroxylation is 1. The quantitative estimate of drug-likeness (QED) is 0.521. The first-order valence-corrected chi connectivity index (χ1v) is 6.91. The summed E-state index contributed by atoms with van der Waals surface area (Å²) in [6.45, 7) is 1.77. The molecule has 2 aromatic rings. The highest BCUT2D eigenvalue weighted by Crippen LogP contribution is 2.32. The van der Waals surface area contributed by atoms with Crippen molar-refractivity contribution in [3.8, 4) is 0 Å². The third-order valence-corrected chi connectivity index (χ3v) is 3.77. The van der Waals surface area contributed by atoms with Crippen LogP contribution in [0, 0.1) is 6.92 Å². The Balaban J connectivity index is 2.08. The molecule has 2 N–H and O–H groups in total. The molecule has 23 heavy (non-hydrogen) atoms. The number of hydrogen-bond acceptors (Lipinski definition) is 5. The van der Waals surface area contributed by atoms with Crippen LogP contribution in [-0.4, -0.2) is 24.9 Å². The highest BCUT2D eigenvalue weighted by Gasteiger charge is 2.37. The standard InChI is InChI=1S/C17H14N2O4/c1-9-7-11(18)4-6-14(9)19-15(20)12-5-3-10(17(22)23-2)8-13(12)16(19)21/h3-8H,18H2,1-2H3. The van der Waals surface area contributed by atoms with E-state index in [1.165, 1.54) is 25.3 Å². The molecule has 0 bridgehead atoms. The number of nitrogen functional groups attached to an aromatic ring is 1. The monoisotopic (exact) mass is 310 g/mol. The predicted molar refractivity (Wildman–Crippen MR) is 84.5 cm³/mol. The van der Waals surface area contributed by atoms with E-state index in [0.29, 0.717) is 16.9 Å². The molecule has 6 heteroatoms. The lowest BCUT2D eigenvalue weighted by Gasteiger charge is -2.16. The minimum atomic E-state index is -0.560. The van der Waals surface area contributed by atoms with Crippen molar-refractivity contribution in [2.45, 2.75) is 6.92 Å². The van der Waals surface area contributed by atoms with Gasteiger partial charge in [0.05, 0.1) is 29.5 Å². The summed E-state index contributed by atoms with van der Waals surface area (Å²) in [5.41, 5.74) is 8.13. The second-order valence-electron chi connectivity index (χ2n) is 5.24. The van der Waals surface area contributed by atoms with Gasteiger partial charge in [-0.25, -0.2) is 9.69 Å². The van der Waals surface area contributed by atoms with Crippen molar-refractivity contribution in [2.75, 3.05) is 17.7 Å². The van der Waals surface area contributed by atoms with Gasteiger partial charge in [0.25, 0.3) is 11.8 Å². The highest BCUT2D eigenvalue weighted by atomic mass is 16.5. The number of imide groups is 1. The molecule has 6 nitrogen and oxygen atoms in total. The summed E-state index contributed by atoms with van der Waals surface area (Å²) in [6, 6.07) is 9.27. The summed E-state index contributed by atoms with van der Waals surface area (Å²) >= 11 is 0. The van der Waals surface area contributed by atoms with Gasteiger partial charge in [0.15, 0.2) is 0 Å². The Morgan fingerprint density at radius 2 is 1.74 bits per heavy atom. The van der Waals surface area contributed by atoms with E-state index in [1.807, 2.05) is 0 Å². The van der Waals surface area contributed by atoms with E-state index >= 15 is 0 Å². The third kappa shape index (κ3) is 2.24. The molecule has 0 fully saturated rings. The largest absolute Gasteiger partial charge is 0.465 e. The van der Waals surface area contributed by atoms with E-state index in [4.69, 9.17) is 5.73 Å². The van der Waals surface area contributed by atoms with Crippen LogP contribution in [0.5, 0.6) is 0 Å². The van der Waals surface area contributed by atoms with Crippen LogP contribution < -0.4 is 10.6 Å². The van der Waals surface area contributed by atoms with E-state index in [9.17, 15) is 14.4 Å². The molecule has 1 aliphatic rings. The molecular weight excluding hydrogens is 296 g/mol. The first-order chi connectivity index (χ1) is 10.9. The van der Waals surface area contributed by atoms with Gasteiger partial charge in [0, 0.05) is 5.69 Å². The number of nitrogens with zero attached hydrogens (tertiary/aromatic N) is 1. The summed E-state index contributed by atoms with van der Waals surface area (Å²) in [7, 11) is 1.26. The summed E-state index contributed by atoms with van der Waals surface area (Å²) in [6.07, 6.45) is 0. The smallest absolute Gasteiger partial charge is 0.337 e. The van der Waals surface area contributed by atoms with Crippen LogP contribution in [0.3, 0.4) is 0 Å². The zero-order chi connectivity index (χ0) is 16.7.